The van der Waals surface area contributed by atoms with Crippen LogP contribution in [0.15, 0.2) is 97.1 Å². The molecule has 0 saturated carbocycles. The molecule has 0 spiro atoms. The number of carbonyl (C=O) groups excluding carboxylic acids is 4. The lowest BCUT2D eigenvalue weighted by Gasteiger charge is -2.32. The average Bonchev–Trinajstić information content (AvgIpc) is 3.12. The molecule has 1 heterocycles. The van der Waals surface area contributed by atoms with E-state index in [-0.39, 0.29) is 97.6 Å². The van der Waals surface area contributed by atoms with E-state index < -0.39 is 23.6 Å². The number of benzene rings is 4. The van der Waals surface area contributed by atoms with E-state index in [1.807, 2.05) is 0 Å². The molecule has 4 aromatic rings. The summed E-state index contributed by atoms with van der Waals surface area (Å²) >= 11 is 0. The average molecular weight is 681 g/mol. The van der Waals surface area contributed by atoms with E-state index in [1.54, 1.807) is 48.5 Å². The zero-order valence-electron chi connectivity index (χ0n) is 27.5. The van der Waals surface area contributed by atoms with Gasteiger partial charge >= 0.3 is 0 Å². The van der Waals surface area contributed by atoms with Crippen LogP contribution in [0, 0.1) is 0 Å². The summed E-state index contributed by atoms with van der Waals surface area (Å²) in [5, 5.41) is 41.9. The third kappa shape index (κ3) is 8.32. The Kier molecular flexibility index (Phi) is 11.6. The molecule has 1 aliphatic rings. The highest BCUT2D eigenvalue weighted by Gasteiger charge is 2.27. The molecule has 1 saturated heterocycles. The van der Waals surface area contributed by atoms with E-state index in [9.17, 15) is 39.6 Å². The number of aromatic hydroxyl groups is 4. The molecule has 0 unspecified atom stereocenters. The lowest BCUT2D eigenvalue weighted by molar-refractivity contribution is 0.0591. The molecule has 1 fully saturated rings. The van der Waals surface area contributed by atoms with Gasteiger partial charge in [0.1, 0.15) is 23.0 Å². The van der Waals surface area contributed by atoms with Crippen LogP contribution in [0.2, 0.25) is 0 Å². The Balaban J connectivity index is 1.47. The number of nitrogens with zero attached hydrogens (tertiary/aromatic N) is 4. The summed E-state index contributed by atoms with van der Waals surface area (Å²) < 4.78 is 0. The summed E-state index contributed by atoms with van der Waals surface area (Å²) in [4.78, 5) is 61.1. The number of para-hydroxylation sites is 4. The van der Waals surface area contributed by atoms with Crippen LogP contribution >= 0.6 is 0 Å². The smallest absolute Gasteiger partial charge is 0.257 e. The second-order valence-corrected chi connectivity index (χ2v) is 11.9. The first-order valence-corrected chi connectivity index (χ1v) is 16.4. The molecule has 4 aromatic carbocycles. The summed E-state index contributed by atoms with van der Waals surface area (Å²) in [7, 11) is 0. The van der Waals surface area contributed by atoms with Gasteiger partial charge in [-0.2, -0.15) is 0 Å². The molecule has 4 amide bonds. The predicted molar refractivity (Wildman–Crippen MR) is 185 cm³/mol. The largest absolute Gasteiger partial charge is 0.507 e. The van der Waals surface area contributed by atoms with Gasteiger partial charge in [0, 0.05) is 52.4 Å². The van der Waals surface area contributed by atoms with Crippen molar-refractivity contribution in [3.05, 3.63) is 119 Å². The van der Waals surface area contributed by atoms with Gasteiger partial charge in [-0.1, -0.05) is 48.5 Å². The maximum atomic E-state index is 13.8. The van der Waals surface area contributed by atoms with Gasteiger partial charge in [0.2, 0.25) is 0 Å². The van der Waals surface area contributed by atoms with Crippen molar-refractivity contribution in [1.29, 1.82) is 0 Å². The first-order chi connectivity index (χ1) is 24.2. The Labute approximate surface area is 290 Å². The minimum absolute atomic E-state index is 0.0699. The van der Waals surface area contributed by atoms with Crippen molar-refractivity contribution in [1.82, 2.24) is 19.6 Å². The van der Waals surface area contributed by atoms with E-state index >= 15 is 0 Å². The van der Waals surface area contributed by atoms with Gasteiger partial charge in [-0.3, -0.25) is 19.2 Å². The standard InChI is InChI=1S/C38H40N4O8/c43-31-15-5-1-11-27(31)35(47)39-19-9-20-41(37(49)29-13-3-7-17-33(29)45)25-26-42(38(50)30-14-4-8-18-34(30)46)22-10-21-40(24-23-39)36(48)28-12-2-6-16-32(28)44/h1-8,11-18,43-46H,9-10,19-26H2. The van der Waals surface area contributed by atoms with Gasteiger partial charge in [-0.15, -0.1) is 0 Å². The highest BCUT2D eigenvalue weighted by Crippen LogP contribution is 2.23. The Bertz CT molecular complexity index is 1580. The van der Waals surface area contributed by atoms with Crippen molar-refractivity contribution < 1.29 is 39.6 Å². The molecule has 260 valence electrons. The summed E-state index contributed by atoms with van der Waals surface area (Å²) in [6, 6.07) is 24.7. The lowest BCUT2D eigenvalue weighted by atomic mass is 10.1. The third-order valence-corrected chi connectivity index (χ3v) is 8.68. The SMILES string of the molecule is O=C(c1ccccc1O)N1CCCN(C(=O)c2ccccc2O)CCN(C(=O)c2ccccc2O)CCCN(C(=O)c2ccccc2O)CC1. The summed E-state index contributed by atoms with van der Waals surface area (Å²) in [6.45, 7) is 0.878. The second-order valence-electron chi connectivity index (χ2n) is 11.9. The normalized spacial score (nSPS) is 14.9. The number of phenolic OH excluding ortho intramolecular Hbond substituents is 4. The molecule has 0 aromatic heterocycles. The van der Waals surface area contributed by atoms with Gasteiger partial charge < -0.3 is 40.0 Å². The lowest BCUT2D eigenvalue weighted by Crippen LogP contribution is -2.46. The molecular formula is C38H40N4O8. The predicted octanol–water partition coefficient (Wildman–Crippen LogP) is 4.17. The van der Waals surface area contributed by atoms with Gasteiger partial charge in [-0.25, -0.2) is 0 Å². The summed E-state index contributed by atoms with van der Waals surface area (Å²) in [5.74, 6) is -2.58. The van der Waals surface area contributed by atoms with Crippen LogP contribution in [0.3, 0.4) is 0 Å². The fourth-order valence-corrected chi connectivity index (χ4v) is 5.95. The zero-order valence-corrected chi connectivity index (χ0v) is 27.5. The van der Waals surface area contributed by atoms with Crippen molar-refractivity contribution in [2.24, 2.45) is 0 Å². The van der Waals surface area contributed by atoms with Crippen LogP contribution in [0.5, 0.6) is 23.0 Å². The van der Waals surface area contributed by atoms with Crippen molar-refractivity contribution >= 4 is 23.6 Å². The van der Waals surface area contributed by atoms with Gasteiger partial charge in [-0.05, 0) is 61.4 Å². The molecule has 0 radical (unpaired) electrons. The van der Waals surface area contributed by atoms with Crippen LogP contribution in [-0.2, 0) is 0 Å². The second kappa shape index (κ2) is 16.4. The molecule has 4 N–H and O–H groups in total. The number of hydrogen-bond donors (Lipinski definition) is 4. The monoisotopic (exact) mass is 680 g/mol. The van der Waals surface area contributed by atoms with E-state index in [4.69, 9.17) is 0 Å². The highest BCUT2D eigenvalue weighted by atomic mass is 16.3. The summed E-state index contributed by atoms with van der Waals surface area (Å²) in [5.41, 5.74) is 0.362. The van der Waals surface area contributed by atoms with Crippen LogP contribution in [-0.4, -0.2) is 116 Å². The third-order valence-electron chi connectivity index (χ3n) is 8.68. The minimum atomic E-state index is -0.455. The van der Waals surface area contributed by atoms with Crippen molar-refractivity contribution in [2.75, 3.05) is 52.4 Å². The molecule has 5 rings (SSSR count). The van der Waals surface area contributed by atoms with E-state index in [2.05, 4.69) is 0 Å². The molecule has 0 atom stereocenters. The molecule has 0 aliphatic carbocycles. The van der Waals surface area contributed by atoms with Crippen molar-refractivity contribution in [2.45, 2.75) is 12.8 Å². The van der Waals surface area contributed by atoms with Crippen molar-refractivity contribution in [3.63, 3.8) is 0 Å². The number of rotatable bonds is 4. The van der Waals surface area contributed by atoms with Crippen molar-refractivity contribution in [3.8, 4) is 23.0 Å². The molecule has 1 aliphatic heterocycles. The molecule has 50 heavy (non-hydrogen) atoms. The molecule has 12 heteroatoms. The first-order valence-electron chi connectivity index (χ1n) is 16.4. The number of hydrogen-bond acceptors (Lipinski definition) is 8. The fourth-order valence-electron chi connectivity index (χ4n) is 5.95. The van der Waals surface area contributed by atoms with Crippen LogP contribution in [0.25, 0.3) is 0 Å². The van der Waals surface area contributed by atoms with E-state index in [0.29, 0.717) is 12.8 Å². The number of phenols is 4. The Morgan fingerprint density at radius 3 is 0.740 bits per heavy atom. The minimum Gasteiger partial charge on any atom is -0.507 e. The maximum absolute atomic E-state index is 13.8. The molecular weight excluding hydrogens is 640 g/mol. The van der Waals surface area contributed by atoms with Gasteiger partial charge in [0.25, 0.3) is 23.6 Å². The molecule has 0 bridgehead atoms. The van der Waals surface area contributed by atoms with Crippen LogP contribution in [0.1, 0.15) is 54.3 Å². The Hall–Kier alpha value is -6.04. The van der Waals surface area contributed by atoms with Gasteiger partial charge in [0.05, 0.1) is 22.3 Å². The molecule has 12 nitrogen and oxygen atoms in total. The maximum Gasteiger partial charge on any atom is 0.257 e. The number of carbonyl (C=O) groups is 4. The van der Waals surface area contributed by atoms with Crippen LogP contribution in [0.4, 0.5) is 0 Å². The highest BCUT2D eigenvalue weighted by molar-refractivity contribution is 5.99. The quantitative estimate of drug-likeness (QED) is 0.250. The topological polar surface area (TPSA) is 162 Å². The number of amides is 4. The Morgan fingerprint density at radius 1 is 0.340 bits per heavy atom. The Morgan fingerprint density at radius 2 is 0.540 bits per heavy atom. The first kappa shape index (κ1) is 35.3. The van der Waals surface area contributed by atoms with E-state index in [1.165, 1.54) is 68.1 Å². The van der Waals surface area contributed by atoms with Crippen LogP contribution < -0.4 is 0 Å². The van der Waals surface area contributed by atoms with E-state index in [0.717, 1.165) is 0 Å². The van der Waals surface area contributed by atoms with Gasteiger partial charge in [0.15, 0.2) is 0 Å². The summed E-state index contributed by atoms with van der Waals surface area (Å²) in [6.07, 6.45) is 0.582. The fraction of sp³-hybridized carbons (Fsp3) is 0.263. The zero-order chi connectivity index (χ0) is 35.6.